The third-order valence-electron chi connectivity index (χ3n) is 2.67. The summed E-state index contributed by atoms with van der Waals surface area (Å²) < 4.78 is 5.21. The third kappa shape index (κ3) is 3.89. The van der Waals surface area contributed by atoms with Gasteiger partial charge in [0.1, 0.15) is 11.6 Å². The number of nitrogens with zero attached hydrogens (tertiary/aromatic N) is 1. The van der Waals surface area contributed by atoms with Gasteiger partial charge >= 0.3 is 12.1 Å². The highest BCUT2D eigenvalue weighted by Crippen LogP contribution is 2.21. The number of nitrogens with two attached hydrogens (primary N) is 1. The molecule has 0 aliphatic carbocycles. The maximum Gasteiger partial charge on any atom is 0.410 e. The Hall–Kier alpha value is -1.30. The van der Waals surface area contributed by atoms with Crippen LogP contribution in [0.2, 0.25) is 0 Å². The van der Waals surface area contributed by atoms with Crippen molar-refractivity contribution >= 4 is 12.1 Å². The lowest BCUT2D eigenvalue weighted by molar-refractivity contribution is -0.139. The van der Waals surface area contributed by atoms with Gasteiger partial charge in [-0.15, -0.1) is 0 Å². The molecule has 0 aromatic rings. The van der Waals surface area contributed by atoms with Crippen LogP contribution in [-0.4, -0.2) is 46.8 Å². The van der Waals surface area contributed by atoms with Crippen LogP contribution >= 0.6 is 0 Å². The molecule has 0 aromatic carbocycles. The highest BCUT2D eigenvalue weighted by molar-refractivity contribution is 5.74. The normalized spacial score (nSPS) is 22.4. The predicted octanol–water partition coefficient (Wildman–Crippen LogP) is 0.655. The smallest absolute Gasteiger partial charge is 0.410 e. The molecule has 98 valence electrons. The molecule has 6 heteroatoms. The van der Waals surface area contributed by atoms with Gasteiger partial charge in [0.05, 0.1) is 0 Å². The van der Waals surface area contributed by atoms with Gasteiger partial charge in [0.25, 0.3) is 0 Å². The maximum atomic E-state index is 11.7. The predicted molar refractivity (Wildman–Crippen MR) is 61.5 cm³/mol. The minimum Gasteiger partial charge on any atom is -0.480 e. The van der Waals surface area contributed by atoms with Crippen LogP contribution in [-0.2, 0) is 9.53 Å². The van der Waals surface area contributed by atoms with Crippen LogP contribution in [0.25, 0.3) is 0 Å². The van der Waals surface area contributed by atoms with E-state index in [1.165, 1.54) is 4.90 Å². The molecular formula is C11H20N2O4. The number of hydrogen-bond acceptors (Lipinski definition) is 4. The van der Waals surface area contributed by atoms with Gasteiger partial charge in [-0.2, -0.15) is 0 Å². The van der Waals surface area contributed by atoms with Gasteiger partial charge < -0.3 is 20.5 Å². The second-order valence-electron chi connectivity index (χ2n) is 5.34. The van der Waals surface area contributed by atoms with Crippen molar-refractivity contribution in [2.24, 2.45) is 11.7 Å². The van der Waals surface area contributed by atoms with Gasteiger partial charge in [0.15, 0.2) is 0 Å². The maximum absolute atomic E-state index is 11.7. The first-order valence-corrected chi connectivity index (χ1v) is 5.67. The van der Waals surface area contributed by atoms with Crippen LogP contribution in [0.15, 0.2) is 0 Å². The first kappa shape index (κ1) is 13.8. The van der Waals surface area contributed by atoms with Gasteiger partial charge in [0.2, 0.25) is 0 Å². The minimum absolute atomic E-state index is 0.194. The monoisotopic (exact) mass is 244 g/mol. The van der Waals surface area contributed by atoms with Crippen LogP contribution in [0, 0.1) is 5.92 Å². The number of hydrogen-bond donors (Lipinski definition) is 2. The first-order valence-electron chi connectivity index (χ1n) is 5.67. The summed E-state index contributed by atoms with van der Waals surface area (Å²) in [7, 11) is 0. The van der Waals surface area contributed by atoms with E-state index in [2.05, 4.69) is 0 Å². The van der Waals surface area contributed by atoms with Gasteiger partial charge in [-0.05, 0) is 27.2 Å². The zero-order valence-electron chi connectivity index (χ0n) is 10.5. The highest BCUT2D eigenvalue weighted by Gasteiger charge is 2.35. The summed E-state index contributed by atoms with van der Waals surface area (Å²) in [6.07, 6.45) is 0.199. The summed E-state index contributed by atoms with van der Waals surface area (Å²) in [6.45, 7) is 6.23. The average molecular weight is 244 g/mol. The molecule has 17 heavy (non-hydrogen) atoms. The summed E-state index contributed by atoms with van der Waals surface area (Å²) >= 11 is 0. The van der Waals surface area contributed by atoms with E-state index in [9.17, 15) is 9.59 Å². The minimum atomic E-state index is -1.03. The van der Waals surface area contributed by atoms with Crippen molar-refractivity contribution in [3.8, 4) is 0 Å². The quantitative estimate of drug-likeness (QED) is 0.744. The van der Waals surface area contributed by atoms with E-state index in [0.29, 0.717) is 19.5 Å². The number of amides is 1. The molecule has 2 atom stereocenters. The molecule has 3 N–H and O–H groups in total. The lowest BCUT2D eigenvalue weighted by Crippen LogP contribution is -2.41. The van der Waals surface area contributed by atoms with Crippen LogP contribution in [0.1, 0.15) is 27.2 Å². The van der Waals surface area contributed by atoms with E-state index >= 15 is 0 Å². The molecule has 0 bridgehead atoms. The topological polar surface area (TPSA) is 92.9 Å². The average Bonchev–Trinajstić information content (AvgIpc) is 2.62. The fraction of sp³-hybridized carbons (Fsp3) is 0.818. The molecule has 0 unspecified atom stereocenters. The van der Waals surface area contributed by atoms with Gasteiger partial charge in [0, 0.05) is 19.0 Å². The molecular weight excluding hydrogens is 224 g/mol. The molecule has 1 aliphatic heterocycles. The number of carbonyl (C=O) groups is 2. The molecule has 1 heterocycles. The van der Waals surface area contributed by atoms with Crippen molar-refractivity contribution in [1.29, 1.82) is 0 Å². The second-order valence-corrected chi connectivity index (χ2v) is 5.34. The van der Waals surface area contributed by atoms with E-state index in [1.807, 2.05) is 0 Å². The SMILES string of the molecule is CC(C)(C)OC(=O)N1CC[C@H]([C@H](N)C(=O)O)C1. The fourth-order valence-corrected chi connectivity index (χ4v) is 1.77. The van der Waals surface area contributed by atoms with Crippen molar-refractivity contribution in [3.63, 3.8) is 0 Å². The van der Waals surface area contributed by atoms with E-state index in [0.717, 1.165) is 0 Å². The number of carboxylic acids is 1. The second kappa shape index (κ2) is 4.91. The number of ether oxygens (including phenoxy) is 1. The number of carbonyl (C=O) groups excluding carboxylic acids is 1. The highest BCUT2D eigenvalue weighted by atomic mass is 16.6. The molecule has 1 amide bonds. The molecule has 1 saturated heterocycles. The third-order valence-corrected chi connectivity index (χ3v) is 2.67. The molecule has 0 saturated carbocycles. The Balaban J connectivity index is 2.50. The van der Waals surface area contributed by atoms with Crippen LogP contribution in [0.5, 0.6) is 0 Å². The Morgan fingerprint density at radius 1 is 1.47 bits per heavy atom. The zero-order valence-corrected chi connectivity index (χ0v) is 10.5. The van der Waals surface area contributed by atoms with Crippen LogP contribution in [0.4, 0.5) is 4.79 Å². The van der Waals surface area contributed by atoms with Gasteiger partial charge in [-0.1, -0.05) is 0 Å². The van der Waals surface area contributed by atoms with E-state index in [1.54, 1.807) is 20.8 Å². The molecule has 6 nitrogen and oxygen atoms in total. The van der Waals surface area contributed by atoms with Gasteiger partial charge in [-0.25, -0.2) is 4.79 Å². The van der Waals surface area contributed by atoms with Crippen molar-refractivity contribution in [1.82, 2.24) is 4.90 Å². The Morgan fingerprint density at radius 3 is 2.53 bits per heavy atom. The van der Waals surface area contributed by atoms with E-state index in [-0.39, 0.29) is 5.92 Å². The molecule has 0 aromatic heterocycles. The van der Waals surface area contributed by atoms with Gasteiger partial charge in [-0.3, -0.25) is 4.79 Å². The Kier molecular flexibility index (Phi) is 3.98. The number of aliphatic carboxylic acids is 1. The summed E-state index contributed by atoms with van der Waals surface area (Å²) in [5, 5.41) is 8.79. The standard InChI is InChI=1S/C11H20N2O4/c1-11(2,3)17-10(16)13-5-4-7(6-13)8(12)9(14)15/h7-8H,4-6,12H2,1-3H3,(H,14,15)/t7-,8-/m0/s1. The Bertz CT molecular complexity index is 311. The summed E-state index contributed by atoms with van der Waals surface area (Å²) in [6, 6.07) is -0.914. The van der Waals surface area contributed by atoms with Crippen LogP contribution in [0.3, 0.4) is 0 Å². The van der Waals surface area contributed by atoms with Crippen molar-refractivity contribution in [2.75, 3.05) is 13.1 Å². The molecule has 0 radical (unpaired) electrons. The van der Waals surface area contributed by atoms with Crippen molar-refractivity contribution < 1.29 is 19.4 Å². The number of rotatable bonds is 2. The molecule has 0 spiro atoms. The first-order chi connectivity index (χ1) is 7.70. The zero-order chi connectivity index (χ0) is 13.2. The van der Waals surface area contributed by atoms with Crippen LogP contribution < -0.4 is 5.73 Å². The number of carboxylic acid groups (broad SMARTS) is 1. The fourth-order valence-electron chi connectivity index (χ4n) is 1.77. The Morgan fingerprint density at radius 2 is 2.06 bits per heavy atom. The van der Waals surface area contributed by atoms with Crippen molar-refractivity contribution in [2.45, 2.75) is 38.8 Å². The summed E-state index contributed by atoms with van der Waals surface area (Å²) in [5.41, 5.74) is 5.00. The molecule has 1 aliphatic rings. The summed E-state index contributed by atoms with van der Waals surface area (Å²) in [4.78, 5) is 24.0. The lowest BCUT2D eigenvalue weighted by Gasteiger charge is -2.24. The van der Waals surface area contributed by atoms with E-state index < -0.39 is 23.7 Å². The summed E-state index contributed by atoms with van der Waals surface area (Å²) in [5.74, 6) is -1.22. The van der Waals surface area contributed by atoms with E-state index in [4.69, 9.17) is 15.6 Å². The lowest BCUT2D eigenvalue weighted by atomic mass is 10.0. The Labute approximate surface area is 101 Å². The largest absolute Gasteiger partial charge is 0.480 e. The molecule has 1 fully saturated rings. The number of likely N-dealkylation sites (tertiary alicyclic amines) is 1. The van der Waals surface area contributed by atoms with Crippen molar-refractivity contribution in [3.05, 3.63) is 0 Å². The molecule has 1 rings (SSSR count).